The molecular formula is C24H19N5O. The van der Waals surface area contributed by atoms with Gasteiger partial charge in [0.2, 0.25) is 0 Å². The second-order valence-corrected chi connectivity index (χ2v) is 7.16. The number of nitrogens with two attached hydrogens (primary N) is 1. The first-order valence-corrected chi connectivity index (χ1v) is 9.61. The summed E-state index contributed by atoms with van der Waals surface area (Å²) in [6, 6.07) is 21.2. The second kappa shape index (κ2) is 7.33. The predicted octanol–water partition coefficient (Wildman–Crippen LogP) is 4.22. The molecule has 3 aromatic carbocycles. The summed E-state index contributed by atoms with van der Waals surface area (Å²) < 4.78 is 3.77. The van der Waals surface area contributed by atoms with Crippen LogP contribution in [0.2, 0.25) is 0 Å². The SMILES string of the molecule is Nc1ccc(-n2ncc3cc(CC(=O)c4ccc(-n5ccnc5)cc4)ccc32)cc1. The van der Waals surface area contributed by atoms with Crippen LogP contribution in [-0.2, 0) is 6.42 Å². The van der Waals surface area contributed by atoms with Crippen molar-refractivity contribution in [2.24, 2.45) is 0 Å². The number of anilines is 1. The van der Waals surface area contributed by atoms with Crippen molar-refractivity contribution in [3.05, 3.63) is 103 Å². The van der Waals surface area contributed by atoms with Gasteiger partial charge in [-0.3, -0.25) is 4.79 Å². The van der Waals surface area contributed by atoms with E-state index in [4.69, 9.17) is 5.73 Å². The van der Waals surface area contributed by atoms with Crippen LogP contribution in [0.4, 0.5) is 5.69 Å². The van der Waals surface area contributed by atoms with Crippen molar-refractivity contribution < 1.29 is 4.79 Å². The number of carbonyl (C=O) groups excluding carboxylic acids is 1. The zero-order valence-electron chi connectivity index (χ0n) is 16.1. The Morgan fingerprint density at radius 3 is 2.43 bits per heavy atom. The number of hydrogen-bond donors (Lipinski definition) is 1. The van der Waals surface area contributed by atoms with E-state index in [0.29, 0.717) is 17.7 Å². The third-order valence-corrected chi connectivity index (χ3v) is 5.13. The molecule has 0 unspecified atom stereocenters. The molecule has 0 aliphatic carbocycles. The molecule has 0 amide bonds. The fraction of sp³-hybridized carbons (Fsp3) is 0.0417. The lowest BCUT2D eigenvalue weighted by molar-refractivity contribution is 0.0993. The van der Waals surface area contributed by atoms with Gasteiger partial charge in [0, 0.05) is 41.1 Å². The molecule has 0 spiro atoms. The molecule has 2 aromatic heterocycles. The van der Waals surface area contributed by atoms with Crippen molar-refractivity contribution in [3.63, 3.8) is 0 Å². The van der Waals surface area contributed by atoms with Crippen LogP contribution in [-0.4, -0.2) is 25.1 Å². The summed E-state index contributed by atoms with van der Waals surface area (Å²) in [4.78, 5) is 16.8. The zero-order chi connectivity index (χ0) is 20.5. The Hall–Kier alpha value is -4.19. The van der Waals surface area contributed by atoms with E-state index >= 15 is 0 Å². The molecule has 6 nitrogen and oxygen atoms in total. The summed E-state index contributed by atoms with van der Waals surface area (Å²) in [5, 5.41) is 5.48. The minimum Gasteiger partial charge on any atom is -0.399 e. The number of ketones is 1. The predicted molar refractivity (Wildman–Crippen MR) is 117 cm³/mol. The van der Waals surface area contributed by atoms with Gasteiger partial charge in [-0.15, -0.1) is 0 Å². The van der Waals surface area contributed by atoms with Crippen molar-refractivity contribution in [1.29, 1.82) is 0 Å². The van der Waals surface area contributed by atoms with E-state index in [1.807, 2.05) is 88.4 Å². The molecule has 2 heterocycles. The van der Waals surface area contributed by atoms with E-state index in [1.165, 1.54) is 0 Å². The molecule has 0 aliphatic rings. The highest BCUT2D eigenvalue weighted by Crippen LogP contribution is 2.21. The first-order valence-electron chi connectivity index (χ1n) is 9.61. The van der Waals surface area contributed by atoms with Crippen molar-refractivity contribution in [2.45, 2.75) is 6.42 Å². The summed E-state index contributed by atoms with van der Waals surface area (Å²) in [7, 11) is 0. The first kappa shape index (κ1) is 17.9. The molecule has 0 fully saturated rings. The highest BCUT2D eigenvalue weighted by atomic mass is 16.1. The second-order valence-electron chi connectivity index (χ2n) is 7.16. The summed E-state index contributed by atoms with van der Waals surface area (Å²) in [6.07, 6.45) is 7.49. The van der Waals surface area contributed by atoms with E-state index in [-0.39, 0.29) is 5.78 Å². The van der Waals surface area contributed by atoms with Gasteiger partial charge in [0.15, 0.2) is 5.78 Å². The number of carbonyl (C=O) groups is 1. The average molecular weight is 393 g/mol. The van der Waals surface area contributed by atoms with E-state index in [2.05, 4.69) is 10.1 Å². The third kappa shape index (κ3) is 3.35. The number of aromatic nitrogens is 4. The lowest BCUT2D eigenvalue weighted by Gasteiger charge is -2.06. The Labute approximate surface area is 173 Å². The number of nitrogen functional groups attached to an aromatic ring is 1. The fourth-order valence-electron chi connectivity index (χ4n) is 3.53. The molecule has 6 heteroatoms. The van der Waals surface area contributed by atoms with Crippen molar-refractivity contribution in [2.75, 3.05) is 5.73 Å². The smallest absolute Gasteiger partial charge is 0.167 e. The molecule has 0 saturated carbocycles. The summed E-state index contributed by atoms with van der Waals surface area (Å²) in [5.74, 6) is 0.0810. The van der Waals surface area contributed by atoms with Gasteiger partial charge in [-0.1, -0.05) is 6.07 Å². The number of hydrogen-bond acceptors (Lipinski definition) is 4. The standard InChI is InChI=1S/C24H19N5O/c25-20-4-8-22(9-5-20)29-23-10-1-17(13-19(23)15-27-29)14-24(30)18-2-6-21(7-3-18)28-12-11-26-16-28/h1-13,15-16H,14,25H2. The Morgan fingerprint density at radius 2 is 1.70 bits per heavy atom. The number of Topliss-reactive ketones (excluding diaryl/α,β-unsaturated/α-hetero) is 1. The van der Waals surface area contributed by atoms with Gasteiger partial charge in [-0.25, -0.2) is 9.67 Å². The molecule has 0 bridgehead atoms. The lowest BCUT2D eigenvalue weighted by atomic mass is 10.0. The van der Waals surface area contributed by atoms with E-state index in [9.17, 15) is 4.79 Å². The Bertz CT molecular complexity index is 1320. The van der Waals surface area contributed by atoms with Gasteiger partial charge in [0.25, 0.3) is 0 Å². The number of nitrogens with zero attached hydrogens (tertiary/aromatic N) is 4. The molecule has 5 rings (SSSR count). The molecule has 0 radical (unpaired) electrons. The number of fused-ring (bicyclic) bond motifs is 1. The summed E-state index contributed by atoms with van der Waals surface area (Å²) >= 11 is 0. The van der Waals surface area contributed by atoms with Gasteiger partial charge in [-0.05, 0) is 66.2 Å². The highest BCUT2D eigenvalue weighted by Gasteiger charge is 2.10. The molecule has 0 atom stereocenters. The van der Waals surface area contributed by atoms with Gasteiger partial charge in [0.1, 0.15) is 0 Å². The molecule has 30 heavy (non-hydrogen) atoms. The van der Waals surface area contributed by atoms with Crippen molar-refractivity contribution in [3.8, 4) is 11.4 Å². The number of benzene rings is 3. The lowest BCUT2D eigenvalue weighted by Crippen LogP contribution is -2.04. The Morgan fingerprint density at radius 1 is 0.933 bits per heavy atom. The normalized spacial score (nSPS) is 11.1. The molecule has 146 valence electrons. The summed E-state index contributed by atoms with van der Waals surface area (Å²) in [5.41, 5.74) is 11.0. The molecule has 0 saturated heterocycles. The van der Waals surface area contributed by atoms with Crippen LogP contribution in [0.5, 0.6) is 0 Å². The van der Waals surface area contributed by atoms with Crippen molar-refractivity contribution in [1.82, 2.24) is 19.3 Å². The quantitative estimate of drug-likeness (QED) is 0.358. The summed E-state index contributed by atoms with van der Waals surface area (Å²) in [6.45, 7) is 0. The Kier molecular flexibility index (Phi) is 4.37. The van der Waals surface area contributed by atoms with Gasteiger partial charge < -0.3 is 10.3 Å². The van der Waals surface area contributed by atoms with Crippen LogP contribution < -0.4 is 5.73 Å². The number of rotatable bonds is 5. The first-order chi connectivity index (χ1) is 14.7. The van der Waals surface area contributed by atoms with E-state index in [0.717, 1.165) is 27.8 Å². The zero-order valence-corrected chi connectivity index (χ0v) is 16.1. The highest BCUT2D eigenvalue weighted by molar-refractivity contribution is 5.98. The maximum Gasteiger partial charge on any atom is 0.167 e. The largest absolute Gasteiger partial charge is 0.399 e. The maximum atomic E-state index is 12.8. The Balaban J connectivity index is 1.36. The van der Waals surface area contributed by atoms with Crippen LogP contribution in [0.1, 0.15) is 15.9 Å². The van der Waals surface area contributed by atoms with E-state index < -0.39 is 0 Å². The van der Waals surface area contributed by atoms with Crippen LogP contribution in [0, 0.1) is 0 Å². The van der Waals surface area contributed by atoms with Gasteiger partial charge in [0.05, 0.1) is 23.7 Å². The average Bonchev–Trinajstić information content (AvgIpc) is 3.44. The van der Waals surface area contributed by atoms with Crippen LogP contribution in [0.15, 0.2) is 91.6 Å². The minimum absolute atomic E-state index is 0.0810. The maximum absolute atomic E-state index is 12.8. The van der Waals surface area contributed by atoms with Crippen LogP contribution >= 0.6 is 0 Å². The molecular weight excluding hydrogens is 374 g/mol. The van der Waals surface area contributed by atoms with Crippen molar-refractivity contribution >= 4 is 22.4 Å². The van der Waals surface area contributed by atoms with Gasteiger partial charge in [-0.2, -0.15) is 5.10 Å². The van der Waals surface area contributed by atoms with E-state index in [1.54, 1.807) is 12.5 Å². The number of imidazole rings is 1. The minimum atomic E-state index is 0.0810. The molecule has 5 aromatic rings. The van der Waals surface area contributed by atoms with Crippen LogP contribution in [0.25, 0.3) is 22.3 Å². The topological polar surface area (TPSA) is 78.7 Å². The third-order valence-electron chi connectivity index (χ3n) is 5.13. The fourth-order valence-corrected chi connectivity index (χ4v) is 3.53. The molecule has 0 aliphatic heterocycles. The van der Waals surface area contributed by atoms with Crippen LogP contribution in [0.3, 0.4) is 0 Å². The monoisotopic (exact) mass is 393 g/mol. The molecule has 2 N–H and O–H groups in total. The van der Waals surface area contributed by atoms with Gasteiger partial charge >= 0.3 is 0 Å².